The van der Waals surface area contributed by atoms with Crippen LogP contribution in [0.4, 0.5) is 17.1 Å². The van der Waals surface area contributed by atoms with E-state index in [1.165, 1.54) is 50.1 Å². The molecule has 0 aliphatic heterocycles. The van der Waals surface area contributed by atoms with Crippen LogP contribution in [0, 0.1) is 0 Å². The van der Waals surface area contributed by atoms with Gasteiger partial charge in [0.05, 0.1) is 11.1 Å². The van der Waals surface area contributed by atoms with Crippen LogP contribution in [0.2, 0.25) is 0 Å². The van der Waals surface area contributed by atoms with Crippen molar-refractivity contribution in [1.82, 2.24) is 0 Å². The summed E-state index contributed by atoms with van der Waals surface area (Å²) in [6.07, 6.45) is 0. The highest BCUT2D eigenvalue weighted by Gasteiger charge is 2.48. The first kappa shape index (κ1) is 33.0. The van der Waals surface area contributed by atoms with Gasteiger partial charge in [-0.15, -0.1) is 0 Å². The Balaban J connectivity index is 1.25. The predicted octanol–water partition coefficient (Wildman–Crippen LogP) is 14.8. The van der Waals surface area contributed by atoms with Crippen LogP contribution in [0.25, 0.3) is 55.3 Å². The molecule has 0 N–H and O–H groups in total. The van der Waals surface area contributed by atoms with Crippen molar-refractivity contribution >= 4 is 39.0 Å². The normalized spacial score (nSPS) is 12.7. The molecule has 0 unspecified atom stereocenters. The molecule has 0 atom stereocenters. The number of fused-ring (bicyclic) bond motifs is 6. The van der Waals surface area contributed by atoms with Crippen LogP contribution in [-0.4, -0.2) is 0 Å². The topological polar surface area (TPSA) is 16.4 Å². The third-order valence-electron chi connectivity index (χ3n) is 11.8. The van der Waals surface area contributed by atoms with Crippen molar-refractivity contribution in [1.29, 1.82) is 0 Å². The SMILES string of the molecule is c1ccc(-c2ccc(N(c3ccc(-c4ccccc4)cc3)c3cc4c(cc3C3(c5ccccc5)c5ccccc5-c5ccccc53)oc3ccccc34)cc2)cc1. The molecular weight excluding hydrogens is 691 g/mol. The lowest BCUT2D eigenvalue weighted by Crippen LogP contribution is -2.30. The van der Waals surface area contributed by atoms with Crippen molar-refractivity contribution in [3.8, 4) is 33.4 Å². The van der Waals surface area contributed by atoms with E-state index in [2.05, 4.69) is 229 Å². The van der Waals surface area contributed by atoms with Gasteiger partial charge in [-0.1, -0.05) is 182 Å². The van der Waals surface area contributed by atoms with E-state index in [9.17, 15) is 0 Å². The van der Waals surface area contributed by atoms with Crippen LogP contribution < -0.4 is 4.90 Å². The van der Waals surface area contributed by atoms with Gasteiger partial charge < -0.3 is 9.32 Å². The number of hydrogen-bond acceptors (Lipinski definition) is 2. The van der Waals surface area contributed by atoms with Gasteiger partial charge in [0.2, 0.25) is 0 Å². The van der Waals surface area contributed by atoms with Crippen LogP contribution in [-0.2, 0) is 5.41 Å². The fourth-order valence-corrected chi connectivity index (χ4v) is 9.22. The van der Waals surface area contributed by atoms with Gasteiger partial charge in [0, 0.05) is 22.1 Å². The Kier molecular flexibility index (Phi) is 7.75. The third-order valence-corrected chi connectivity index (χ3v) is 11.8. The molecule has 1 aromatic heterocycles. The second-order valence-electron chi connectivity index (χ2n) is 14.8. The first-order valence-electron chi connectivity index (χ1n) is 19.6. The lowest BCUT2D eigenvalue weighted by Gasteiger charge is -2.38. The Morgan fingerprint density at radius 3 is 1.35 bits per heavy atom. The summed E-state index contributed by atoms with van der Waals surface area (Å²) in [6.45, 7) is 0. The number of rotatable bonds is 7. The monoisotopic (exact) mass is 727 g/mol. The highest BCUT2D eigenvalue weighted by Crippen LogP contribution is 2.59. The van der Waals surface area contributed by atoms with Crippen molar-refractivity contribution in [2.45, 2.75) is 5.41 Å². The Bertz CT molecular complexity index is 2910. The Hall–Kier alpha value is -7.42. The molecule has 10 aromatic rings. The van der Waals surface area contributed by atoms with Gasteiger partial charge in [0.1, 0.15) is 11.2 Å². The summed E-state index contributed by atoms with van der Waals surface area (Å²) < 4.78 is 6.77. The molecule has 57 heavy (non-hydrogen) atoms. The summed E-state index contributed by atoms with van der Waals surface area (Å²) >= 11 is 0. The van der Waals surface area contributed by atoms with Crippen LogP contribution >= 0.6 is 0 Å². The van der Waals surface area contributed by atoms with E-state index >= 15 is 0 Å². The van der Waals surface area contributed by atoms with Gasteiger partial charge >= 0.3 is 0 Å². The van der Waals surface area contributed by atoms with Crippen molar-refractivity contribution in [3.05, 3.63) is 247 Å². The Labute approximate surface area is 332 Å². The number of benzene rings is 9. The van der Waals surface area contributed by atoms with E-state index in [1.807, 2.05) is 0 Å². The van der Waals surface area contributed by atoms with Gasteiger partial charge in [0.25, 0.3) is 0 Å². The molecule has 0 fully saturated rings. The smallest absolute Gasteiger partial charge is 0.135 e. The summed E-state index contributed by atoms with van der Waals surface area (Å²) in [4.78, 5) is 2.45. The minimum atomic E-state index is -0.664. The van der Waals surface area contributed by atoms with Gasteiger partial charge in [-0.25, -0.2) is 0 Å². The summed E-state index contributed by atoms with van der Waals surface area (Å²) in [7, 11) is 0. The van der Waals surface area contributed by atoms with E-state index in [-0.39, 0.29) is 0 Å². The van der Waals surface area contributed by atoms with E-state index in [4.69, 9.17) is 4.42 Å². The maximum atomic E-state index is 6.77. The summed E-state index contributed by atoms with van der Waals surface area (Å²) in [5.41, 5.74) is 16.4. The fourth-order valence-electron chi connectivity index (χ4n) is 9.22. The number of nitrogens with zero attached hydrogens (tertiary/aromatic N) is 1. The maximum Gasteiger partial charge on any atom is 0.135 e. The Morgan fingerprint density at radius 1 is 0.333 bits per heavy atom. The standard InChI is InChI=1S/C55H37NO/c1-4-16-38(17-5-1)40-28-32-43(33-29-40)56(44-34-30-41(31-35-44)39-18-6-2-7-19-39)52-36-48-47-24-12-15-27-53(47)57-54(48)37-51(52)55(42-20-8-3-9-21-42)49-25-13-10-22-45(49)46-23-11-14-26-50(46)55/h1-37H. The van der Waals surface area contributed by atoms with Crippen molar-refractivity contribution in [2.24, 2.45) is 0 Å². The maximum absolute atomic E-state index is 6.77. The second kappa shape index (κ2) is 13.4. The van der Waals surface area contributed by atoms with E-state index in [0.717, 1.165) is 44.6 Å². The fraction of sp³-hybridized carbons (Fsp3) is 0.0182. The minimum Gasteiger partial charge on any atom is -0.456 e. The van der Waals surface area contributed by atoms with E-state index < -0.39 is 5.41 Å². The zero-order valence-corrected chi connectivity index (χ0v) is 31.2. The Morgan fingerprint density at radius 2 is 0.789 bits per heavy atom. The first-order chi connectivity index (χ1) is 28.3. The molecule has 1 aliphatic rings. The molecule has 0 amide bonds. The van der Waals surface area contributed by atoms with Crippen molar-refractivity contribution in [3.63, 3.8) is 0 Å². The van der Waals surface area contributed by atoms with Crippen LogP contribution in [0.1, 0.15) is 22.3 Å². The summed E-state index contributed by atoms with van der Waals surface area (Å²) in [5.74, 6) is 0. The average molecular weight is 728 g/mol. The van der Waals surface area contributed by atoms with Crippen molar-refractivity contribution in [2.75, 3.05) is 4.90 Å². The molecule has 0 saturated heterocycles. The first-order valence-corrected chi connectivity index (χ1v) is 19.6. The number of furan rings is 1. The highest BCUT2D eigenvalue weighted by molar-refractivity contribution is 6.08. The molecule has 0 radical (unpaired) electrons. The zero-order valence-electron chi connectivity index (χ0n) is 31.2. The van der Waals surface area contributed by atoms with Crippen LogP contribution in [0.15, 0.2) is 229 Å². The van der Waals surface area contributed by atoms with Gasteiger partial charge in [-0.3, -0.25) is 0 Å². The van der Waals surface area contributed by atoms with Crippen LogP contribution in [0.3, 0.4) is 0 Å². The quantitative estimate of drug-likeness (QED) is 0.163. The lowest BCUT2D eigenvalue weighted by atomic mass is 9.67. The van der Waals surface area contributed by atoms with Gasteiger partial charge in [-0.2, -0.15) is 0 Å². The molecule has 2 nitrogen and oxygen atoms in total. The van der Waals surface area contributed by atoms with Gasteiger partial charge in [0.15, 0.2) is 0 Å². The molecule has 2 heteroatoms. The molecule has 268 valence electrons. The predicted molar refractivity (Wildman–Crippen MR) is 237 cm³/mol. The zero-order chi connectivity index (χ0) is 37.8. The summed E-state index contributed by atoms with van der Waals surface area (Å²) in [5, 5.41) is 2.18. The molecule has 11 rings (SSSR count). The summed E-state index contributed by atoms with van der Waals surface area (Å²) in [6, 6.07) is 81.3. The highest BCUT2D eigenvalue weighted by atomic mass is 16.3. The largest absolute Gasteiger partial charge is 0.456 e. The van der Waals surface area contributed by atoms with Crippen molar-refractivity contribution < 1.29 is 4.42 Å². The molecule has 0 saturated carbocycles. The van der Waals surface area contributed by atoms with Gasteiger partial charge in [-0.05, 0) is 98.1 Å². The molecule has 0 spiro atoms. The molecule has 9 aromatic carbocycles. The average Bonchev–Trinajstić information content (AvgIpc) is 3.81. The molecule has 0 bridgehead atoms. The molecule has 1 heterocycles. The second-order valence-corrected chi connectivity index (χ2v) is 14.8. The number of hydrogen-bond donors (Lipinski definition) is 0. The number of para-hydroxylation sites is 1. The molecule has 1 aliphatic carbocycles. The van der Waals surface area contributed by atoms with E-state index in [0.29, 0.717) is 0 Å². The lowest BCUT2D eigenvalue weighted by molar-refractivity contribution is 0.665. The minimum absolute atomic E-state index is 0.664. The third kappa shape index (κ3) is 5.26. The van der Waals surface area contributed by atoms with Crippen LogP contribution in [0.5, 0.6) is 0 Å². The van der Waals surface area contributed by atoms with E-state index in [1.54, 1.807) is 0 Å². The molecular formula is C55H37NO. The number of anilines is 3.